The molecule has 0 unspecified atom stereocenters. The lowest BCUT2D eigenvalue weighted by Gasteiger charge is -2.25. The minimum atomic E-state index is -3.09. The molecule has 2 atom stereocenters. The van der Waals surface area contributed by atoms with Crippen LogP contribution in [0.3, 0.4) is 0 Å². The number of benzene rings is 1. The largest absolute Gasteiger partial charge is 0.277 e. The van der Waals surface area contributed by atoms with Gasteiger partial charge in [-0.15, -0.1) is 0 Å². The third-order valence-corrected chi connectivity index (χ3v) is 4.95. The Morgan fingerprint density at radius 3 is 2.59 bits per heavy atom. The van der Waals surface area contributed by atoms with E-state index in [1.165, 1.54) is 16.1 Å². The highest BCUT2D eigenvalue weighted by atomic mass is 32.2. The Hall–Kier alpha value is -1.29. The summed E-state index contributed by atoms with van der Waals surface area (Å²) in [7, 11) is -3.09. The number of fused-ring (bicyclic) bond motifs is 1. The van der Waals surface area contributed by atoms with Crippen LogP contribution in [0.5, 0.6) is 0 Å². The van der Waals surface area contributed by atoms with E-state index in [2.05, 4.69) is 18.2 Å². The van der Waals surface area contributed by atoms with Crippen molar-refractivity contribution >= 4 is 10.0 Å². The van der Waals surface area contributed by atoms with Gasteiger partial charge in [0.1, 0.15) is 0 Å². The first-order valence-corrected chi connectivity index (χ1v) is 7.59. The van der Waals surface area contributed by atoms with Gasteiger partial charge in [-0.1, -0.05) is 36.4 Å². The molecular weight excluding hydrogens is 234 g/mol. The first-order chi connectivity index (χ1) is 8.02. The number of hydrogen-bond donors (Lipinski definition) is 0. The molecule has 0 spiro atoms. The van der Waals surface area contributed by atoms with E-state index in [0.717, 1.165) is 6.42 Å². The molecule has 0 bridgehead atoms. The molecule has 1 fully saturated rings. The van der Waals surface area contributed by atoms with Gasteiger partial charge in [-0.05, 0) is 17.9 Å². The third kappa shape index (κ3) is 1.67. The highest BCUT2D eigenvalue weighted by Gasteiger charge is 2.56. The van der Waals surface area contributed by atoms with Crippen LogP contribution in [0.15, 0.2) is 42.6 Å². The molecule has 0 saturated heterocycles. The zero-order valence-corrected chi connectivity index (χ0v) is 10.5. The maximum Gasteiger partial charge on any atom is 0.231 e. The summed E-state index contributed by atoms with van der Waals surface area (Å²) >= 11 is 0. The van der Waals surface area contributed by atoms with Gasteiger partial charge in [0.15, 0.2) is 0 Å². The lowest BCUT2D eigenvalue weighted by molar-refractivity contribution is 0.455. The highest BCUT2D eigenvalue weighted by Crippen LogP contribution is 2.57. The lowest BCUT2D eigenvalue weighted by atomic mass is 9.92. The normalized spacial score (nSPS) is 31.1. The summed E-state index contributed by atoms with van der Waals surface area (Å²) in [4.78, 5) is 0. The Labute approximate surface area is 102 Å². The molecule has 90 valence electrons. The molecular formula is C13H15NO2S. The van der Waals surface area contributed by atoms with Crippen molar-refractivity contribution in [2.45, 2.75) is 11.8 Å². The Balaban J connectivity index is 1.93. The van der Waals surface area contributed by atoms with Crippen LogP contribution in [0.4, 0.5) is 0 Å². The topological polar surface area (TPSA) is 37.4 Å². The van der Waals surface area contributed by atoms with Crippen LogP contribution in [0.2, 0.25) is 0 Å². The predicted molar refractivity (Wildman–Crippen MR) is 66.9 cm³/mol. The number of nitrogens with zero attached hydrogens (tertiary/aromatic N) is 1. The second-order valence-corrected chi connectivity index (χ2v) is 6.89. The molecule has 0 N–H and O–H groups in total. The molecule has 0 amide bonds. The average Bonchev–Trinajstić information content (AvgIpc) is 3.03. The van der Waals surface area contributed by atoms with Crippen molar-refractivity contribution in [3.63, 3.8) is 0 Å². The Morgan fingerprint density at radius 2 is 2.00 bits per heavy atom. The molecule has 1 aromatic carbocycles. The number of rotatable bonds is 2. The first kappa shape index (κ1) is 10.8. The van der Waals surface area contributed by atoms with Crippen molar-refractivity contribution < 1.29 is 8.42 Å². The van der Waals surface area contributed by atoms with Gasteiger partial charge in [-0.3, -0.25) is 4.31 Å². The molecule has 3 nitrogen and oxygen atoms in total. The van der Waals surface area contributed by atoms with Crippen LogP contribution in [0, 0.1) is 5.92 Å². The van der Waals surface area contributed by atoms with Crippen molar-refractivity contribution in [3.8, 4) is 0 Å². The lowest BCUT2D eigenvalue weighted by Crippen LogP contribution is -2.31. The fourth-order valence-electron chi connectivity index (χ4n) is 2.72. The van der Waals surface area contributed by atoms with Gasteiger partial charge in [-0.25, -0.2) is 8.42 Å². The molecule has 2 aliphatic rings. The van der Waals surface area contributed by atoms with Gasteiger partial charge in [0, 0.05) is 18.2 Å². The fourth-order valence-corrected chi connectivity index (χ4v) is 3.45. The molecule has 1 aromatic rings. The summed E-state index contributed by atoms with van der Waals surface area (Å²) in [5.74, 6) is 0.435. The molecule has 1 aliphatic heterocycles. The SMILES string of the molecule is CS(=O)(=O)N1C=C[C@@]2(c3ccccc3)C[C@H]2C1. The van der Waals surface area contributed by atoms with E-state index in [1.807, 2.05) is 18.2 Å². The Bertz CT molecular complexity index is 564. The second kappa shape index (κ2) is 3.35. The van der Waals surface area contributed by atoms with Gasteiger partial charge in [-0.2, -0.15) is 0 Å². The zero-order valence-electron chi connectivity index (χ0n) is 9.70. The van der Waals surface area contributed by atoms with E-state index in [4.69, 9.17) is 0 Å². The molecule has 17 heavy (non-hydrogen) atoms. The van der Waals surface area contributed by atoms with Gasteiger partial charge in [0.05, 0.1) is 6.26 Å². The number of sulfonamides is 1. The quantitative estimate of drug-likeness (QED) is 0.800. The molecule has 4 heteroatoms. The Kier molecular flexibility index (Phi) is 2.14. The summed E-state index contributed by atoms with van der Waals surface area (Å²) in [6, 6.07) is 10.3. The van der Waals surface area contributed by atoms with E-state index in [0.29, 0.717) is 12.5 Å². The molecule has 1 aliphatic carbocycles. The summed E-state index contributed by atoms with van der Waals surface area (Å²) in [6.45, 7) is 0.615. The maximum absolute atomic E-state index is 11.5. The van der Waals surface area contributed by atoms with Gasteiger partial charge in [0.2, 0.25) is 10.0 Å². The van der Waals surface area contributed by atoms with Crippen molar-refractivity contribution in [1.82, 2.24) is 4.31 Å². The highest BCUT2D eigenvalue weighted by molar-refractivity contribution is 7.88. The van der Waals surface area contributed by atoms with Gasteiger partial charge < -0.3 is 0 Å². The van der Waals surface area contributed by atoms with Crippen molar-refractivity contribution in [2.24, 2.45) is 5.92 Å². The smallest absolute Gasteiger partial charge is 0.231 e. The van der Waals surface area contributed by atoms with E-state index in [-0.39, 0.29) is 5.41 Å². The molecule has 1 saturated carbocycles. The second-order valence-electron chi connectivity index (χ2n) is 4.96. The van der Waals surface area contributed by atoms with Gasteiger partial charge in [0.25, 0.3) is 0 Å². The van der Waals surface area contributed by atoms with E-state index in [9.17, 15) is 8.42 Å². The molecule has 0 radical (unpaired) electrons. The van der Waals surface area contributed by atoms with Crippen LogP contribution in [-0.2, 0) is 15.4 Å². The zero-order chi connectivity index (χ0) is 12.1. The van der Waals surface area contributed by atoms with E-state index >= 15 is 0 Å². The van der Waals surface area contributed by atoms with E-state index < -0.39 is 10.0 Å². The van der Waals surface area contributed by atoms with Crippen LogP contribution in [-0.4, -0.2) is 25.5 Å². The third-order valence-electron chi connectivity index (χ3n) is 3.83. The van der Waals surface area contributed by atoms with Crippen LogP contribution in [0.25, 0.3) is 0 Å². The van der Waals surface area contributed by atoms with Crippen LogP contribution >= 0.6 is 0 Å². The summed E-state index contributed by atoms with van der Waals surface area (Å²) in [6.07, 6.45) is 6.10. The standard InChI is InChI=1S/C13H15NO2S/c1-17(15,16)14-8-7-13(9-12(13)10-14)11-5-3-2-4-6-11/h2-8,12H,9-10H2,1H3/t12-,13-/m0/s1. The van der Waals surface area contributed by atoms with Crippen LogP contribution in [0.1, 0.15) is 12.0 Å². The molecule has 0 aromatic heterocycles. The summed E-state index contributed by atoms with van der Waals surface area (Å²) in [5.41, 5.74) is 1.40. The van der Waals surface area contributed by atoms with Crippen molar-refractivity contribution in [2.75, 3.05) is 12.8 Å². The predicted octanol–water partition coefficient (Wildman–Crippen LogP) is 1.73. The van der Waals surface area contributed by atoms with Crippen LogP contribution < -0.4 is 0 Å². The molecule has 1 heterocycles. The minimum Gasteiger partial charge on any atom is -0.277 e. The van der Waals surface area contributed by atoms with E-state index in [1.54, 1.807) is 6.20 Å². The summed E-state index contributed by atoms with van der Waals surface area (Å²) < 4.78 is 24.4. The summed E-state index contributed by atoms with van der Waals surface area (Å²) in [5, 5.41) is 0. The monoisotopic (exact) mass is 249 g/mol. The average molecular weight is 249 g/mol. The maximum atomic E-state index is 11.5. The minimum absolute atomic E-state index is 0.0997. The first-order valence-electron chi connectivity index (χ1n) is 5.74. The number of hydrogen-bond acceptors (Lipinski definition) is 2. The number of allylic oxidation sites excluding steroid dienone is 1. The fraction of sp³-hybridized carbons (Fsp3) is 0.385. The Morgan fingerprint density at radius 1 is 1.29 bits per heavy atom. The van der Waals surface area contributed by atoms with Crippen molar-refractivity contribution in [1.29, 1.82) is 0 Å². The molecule has 3 rings (SSSR count). The van der Waals surface area contributed by atoms with Crippen molar-refractivity contribution in [3.05, 3.63) is 48.2 Å². The van der Waals surface area contributed by atoms with Gasteiger partial charge >= 0.3 is 0 Å².